The second-order valence-electron chi connectivity index (χ2n) is 5.07. The third-order valence-corrected chi connectivity index (χ3v) is 3.00. The van der Waals surface area contributed by atoms with Gasteiger partial charge in [0, 0.05) is 19.7 Å². The predicted molar refractivity (Wildman–Crippen MR) is 81.8 cm³/mol. The Hall–Kier alpha value is -1.63. The van der Waals surface area contributed by atoms with Crippen LogP contribution in [0.25, 0.3) is 0 Å². The molecule has 21 heavy (non-hydrogen) atoms. The standard InChI is InChI=1S/C14H25N5O2/c1-3-7-15-12-17-13(19-14(18-12)21-4-2)16-8-9-20-10-11-5-6-11/h11H,3-10H2,1-2H3,(H2,15,16,17,18,19). The molecular formula is C14H25N5O2. The highest BCUT2D eigenvalue weighted by Crippen LogP contribution is 2.28. The van der Waals surface area contributed by atoms with Crippen molar-refractivity contribution in [3.8, 4) is 6.01 Å². The summed E-state index contributed by atoms with van der Waals surface area (Å²) in [7, 11) is 0. The van der Waals surface area contributed by atoms with Crippen molar-refractivity contribution in [1.82, 2.24) is 15.0 Å². The van der Waals surface area contributed by atoms with E-state index in [0.717, 1.165) is 25.5 Å². The fraction of sp³-hybridized carbons (Fsp3) is 0.786. The van der Waals surface area contributed by atoms with Crippen molar-refractivity contribution in [3.63, 3.8) is 0 Å². The van der Waals surface area contributed by atoms with E-state index in [1.54, 1.807) is 0 Å². The van der Waals surface area contributed by atoms with Gasteiger partial charge in [0.15, 0.2) is 0 Å². The smallest absolute Gasteiger partial charge is 0.323 e. The maximum absolute atomic E-state index is 5.57. The quantitative estimate of drug-likeness (QED) is 0.604. The van der Waals surface area contributed by atoms with E-state index in [-0.39, 0.29) is 0 Å². The summed E-state index contributed by atoms with van der Waals surface area (Å²) in [4.78, 5) is 12.8. The molecule has 1 fully saturated rings. The Balaban J connectivity index is 1.81. The molecule has 0 amide bonds. The molecule has 0 radical (unpaired) electrons. The number of aromatic nitrogens is 3. The molecule has 0 bridgehead atoms. The van der Waals surface area contributed by atoms with Crippen molar-refractivity contribution in [2.45, 2.75) is 33.1 Å². The van der Waals surface area contributed by atoms with E-state index < -0.39 is 0 Å². The Morgan fingerprint density at radius 1 is 1.05 bits per heavy atom. The molecule has 0 spiro atoms. The number of hydrogen-bond donors (Lipinski definition) is 2. The Bertz CT molecular complexity index is 426. The summed E-state index contributed by atoms with van der Waals surface area (Å²) < 4.78 is 10.9. The van der Waals surface area contributed by atoms with Crippen LogP contribution >= 0.6 is 0 Å². The Morgan fingerprint density at radius 2 is 1.76 bits per heavy atom. The maximum Gasteiger partial charge on any atom is 0.323 e. The van der Waals surface area contributed by atoms with E-state index >= 15 is 0 Å². The molecule has 1 aliphatic rings. The minimum Gasteiger partial charge on any atom is -0.464 e. The van der Waals surface area contributed by atoms with Crippen LogP contribution in [0.4, 0.5) is 11.9 Å². The molecular weight excluding hydrogens is 270 g/mol. The third-order valence-electron chi connectivity index (χ3n) is 3.00. The maximum atomic E-state index is 5.57. The lowest BCUT2D eigenvalue weighted by Crippen LogP contribution is -2.15. The van der Waals surface area contributed by atoms with Crippen molar-refractivity contribution in [2.24, 2.45) is 5.92 Å². The number of nitrogens with zero attached hydrogens (tertiary/aromatic N) is 3. The fourth-order valence-electron chi connectivity index (χ4n) is 1.71. The largest absolute Gasteiger partial charge is 0.464 e. The predicted octanol–water partition coefficient (Wildman–Crippen LogP) is 1.93. The minimum atomic E-state index is 0.340. The summed E-state index contributed by atoms with van der Waals surface area (Å²) in [6, 6.07) is 0.340. The van der Waals surface area contributed by atoms with Crippen LogP contribution in [-0.4, -0.2) is 47.9 Å². The van der Waals surface area contributed by atoms with Gasteiger partial charge in [-0.25, -0.2) is 0 Å². The normalized spacial score (nSPS) is 14.0. The van der Waals surface area contributed by atoms with Gasteiger partial charge in [0.2, 0.25) is 11.9 Å². The van der Waals surface area contributed by atoms with Crippen LogP contribution < -0.4 is 15.4 Å². The molecule has 0 unspecified atom stereocenters. The number of nitrogens with one attached hydrogen (secondary N) is 2. The second-order valence-corrected chi connectivity index (χ2v) is 5.07. The average molecular weight is 295 g/mol. The monoisotopic (exact) mass is 295 g/mol. The molecule has 2 rings (SSSR count). The van der Waals surface area contributed by atoms with Crippen molar-refractivity contribution in [3.05, 3.63) is 0 Å². The molecule has 1 heterocycles. The summed E-state index contributed by atoms with van der Waals surface area (Å²) in [5.41, 5.74) is 0. The van der Waals surface area contributed by atoms with Gasteiger partial charge in [-0.1, -0.05) is 6.92 Å². The van der Waals surface area contributed by atoms with Gasteiger partial charge in [0.1, 0.15) is 0 Å². The highest BCUT2D eigenvalue weighted by Gasteiger charge is 2.20. The van der Waals surface area contributed by atoms with Gasteiger partial charge < -0.3 is 20.1 Å². The zero-order valence-electron chi connectivity index (χ0n) is 12.9. The molecule has 118 valence electrons. The number of anilines is 2. The first-order chi connectivity index (χ1) is 10.3. The molecule has 7 nitrogen and oxygen atoms in total. The average Bonchev–Trinajstić information content (AvgIpc) is 3.29. The van der Waals surface area contributed by atoms with Gasteiger partial charge in [-0.3, -0.25) is 0 Å². The van der Waals surface area contributed by atoms with Gasteiger partial charge in [0.25, 0.3) is 0 Å². The first kappa shape index (κ1) is 15.8. The lowest BCUT2D eigenvalue weighted by Gasteiger charge is -2.10. The molecule has 1 saturated carbocycles. The van der Waals surface area contributed by atoms with Crippen LogP contribution in [0.1, 0.15) is 33.1 Å². The summed E-state index contributed by atoms with van der Waals surface area (Å²) in [5.74, 6) is 1.84. The molecule has 1 aliphatic carbocycles. The van der Waals surface area contributed by atoms with Crippen LogP contribution in [0.3, 0.4) is 0 Å². The molecule has 7 heteroatoms. The van der Waals surface area contributed by atoms with Crippen LogP contribution in [-0.2, 0) is 4.74 Å². The van der Waals surface area contributed by atoms with Crippen molar-refractivity contribution < 1.29 is 9.47 Å². The highest BCUT2D eigenvalue weighted by molar-refractivity contribution is 5.35. The van der Waals surface area contributed by atoms with Crippen LogP contribution in [0.2, 0.25) is 0 Å². The number of ether oxygens (including phenoxy) is 2. The molecule has 0 saturated heterocycles. The zero-order chi connectivity index (χ0) is 14.9. The van der Waals surface area contributed by atoms with Crippen LogP contribution in [0.15, 0.2) is 0 Å². The van der Waals surface area contributed by atoms with E-state index in [2.05, 4.69) is 32.5 Å². The molecule has 1 aromatic rings. The molecule has 0 atom stereocenters. The van der Waals surface area contributed by atoms with Crippen molar-refractivity contribution >= 4 is 11.9 Å². The fourth-order valence-corrected chi connectivity index (χ4v) is 1.71. The van der Waals surface area contributed by atoms with Gasteiger partial charge >= 0.3 is 6.01 Å². The summed E-state index contributed by atoms with van der Waals surface area (Å²) in [6.07, 6.45) is 3.63. The van der Waals surface area contributed by atoms with Gasteiger partial charge in [0.05, 0.1) is 13.2 Å². The lowest BCUT2D eigenvalue weighted by molar-refractivity contribution is 0.133. The highest BCUT2D eigenvalue weighted by atomic mass is 16.5. The lowest BCUT2D eigenvalue weighted by atomic mass is 10.5. The summed E-state index contributed by atoms with van der Waals surface area (Å²) in [5, 5.41) is 6.29. The first-order valence-electron chi connectivity index (χ1n) is 7.76. The molecule has 0 aliphatic heterocycles. The van der Waals surface area contributed by atoms with E-state index in [9.17, 15) is 0 Å². The summed E-state index contributed by atoms with van der Waals surface area (Å²) in [6.45, 7) is 7.54. The van der Waals surface area contributed by atoms with E-state index in [0.29, 0.717) is 37.7 Å². The van der Waals surface area contributed by atoms with Crippen molar-refractivity contribution in [2.75, 3.05) is 43.5 Å². The Kier molecular flexibility index (Phi) is 6.46. The van der Waals surface area contributed by atoms with Gasteiger partial charge in [-0.05, 0) is 32.1 Å². The van der Waals surface area contributed by atoms with Gasteiger partial charge in [-0.2, -0.15) is 15.0 Å². The van der Waals surface area contributed by atoms with E-state index in [1.165, 1.54) is 12.8 Å². The van der Waals surface area contributed by atoms with E-state index in [1.807, 2.05) is 6.92 Å². The van der Waals surface area contributed by atoms with E-state index in [4.69, 9.17) is 9.47 Å². The van der Waals surface area contributed by atoms with Crippen molar-refractivity contribution in [1.29, 1.82) is 0 Å². The molecule has 2 N–H and O–H groups in total. The molecule has 1 aromatic heterocycles. The Morgan fingerprint density at radius 3 is 2.38 bits per heavy atom. The Labute approximate surface area is 125 Å². The minimum absolute atomic E-state index is 0.340. The number of rotatable bonds is 11. The third kappa shape index (κ3) is 6.12. The van der Waals surface area contributed by atoms with Crippen LogP contribution in [0.5, 0.6) is 6.01 Å². The zero-order valence-corrected chi connectivity index (χ0v) is 12.9. The topological polar surface area (TPSA) is 81.2 Å². The molecule has 0 aromatic carbocycles. The number of hydrogen-bond acceptors (Lipinski definition) is 7. The SMILES string of the molecule is CCCNc1nc(NCCOCC2CC2)nc(OCC)n1. The second kappa shape index (κ2) is 8.61. The van der Waals surface area contributed by atoms with Gasteiger partial charge in [-0.15, -0.1) is 0 Å². The summed E-state index contributed by atoms with van der Waals surface area (Å²) >= 11 is 0. The first-order valence-corrected chi connectivity index (χ1v) is 7.76. The van der Waals surface area contributed by atoms with Crippen LogP contribution in [0, 0.1) is 5.92 Å².